The minimum Gasteiger partial charge on any atom is -0.456 e. The van der Waals surface area contributed by atoms with Gasteiger partial charge in [-0.2, -0.15) is 0 Å². The molecule has 4 aromatic rings. The molecule has 1 aliphatic rings. The van der Waals surface area contributed by atoms with Crippen LogP contribution in [0.5, 0.6) is 0 Å². The topological polar surface area (TPSA) is 13.1 Å². The zero-order valence-electron chi connectivity index (χ0n) is 12.7. The van der Waals surface area contributed by atoms with E-state index in [1.54, 1.807) is 0 Å². The molecule has 1 nitrogen and oxygen atoms in total. The summed E-state index contributed by atoms with van der Waals surface area (Å²) in [4.78, 5) is 0. The number of furan rings is 1. The fourth-order valence-electron chi connectivity index (χ4n) is 3.92. The third kappa shape index (κ3) is 1.34. The first-order valence-corrected chi connectivity index (χ1v) is 7.72. The molecule has 0 atom stereocenters. The van der Waals surface area contributed by atoms with Gasteiger partial charge >= 0.3 is 0 Å². The minimum atomic E-state index is 0.0269. The third-order valence-electron chi connectivity index (χ3n) is 5.08. The monoisotopic (exact) mass is 284 g/mol. The van der Waals surface area contributed by atoms with E-state index in [0.29, 0.717) is 0 Å². The maximum Gasteiger partial charge on any atom is 0.135 e. The molecule has 0 fully saturated rings. The number of rotatable bonds is 0. The zero-order valence-corrected chi connectivity index (χ0v) is 12.7. The van der Waals surface area contributed by atoms with Gasteiger partial charge in [0.15, 0.2) is 0 Å². The maximum atomic E-state index is 6.07. The Bertz CT molecular complexity index is 1050. The van der Waals surface area contributed by atoms with E-state index in [2.05, 4.69) is 62.4 Å². The van der Waals surface area contributed by atoms with Crippen molar-refractivity contribution in [1.82, 2.24) is 0 Å². The Labute approximate surface area is 129 Å². The summed E-state index contributed by atoms with van der Waals surface area (Å²) in [6.45, 7) is 4.60. The van der Waals surface area contributed by atoms with Gasteiger partial charge in [-0.25, -0.2) is 0 Å². The number of fused-ring (bicyclic) bond motifs is 6. The van der Waals surface area contributed by atoms with Crippen LogP contribution >= 0.6 is 0 Å². The molecule has 0 saturated carbocycles. The summed E-state index contributed by atoms with van der Waals surface area (Å²) in [6, 6.07) is 21.6. The zero-order chi connectivity index (χ0) is 14.9. The van der Waals surface area contributed by atoms with Crippen molar-refractivity contribution in [2.45, 2.75) is 19.3 Å². The Morgan fingerprint density at radius 2 is 1.45 bits per heavy atom. The number of benzene rings is 3. The summed E-state index contributed by atoms with van der Waals surface area (Å²) in [5, 5.41) is 2.41. The summed E-state index contributed by atoms with van der Waals surface area (Å²) >= 11 is 0. The van der Waals surface area contributed by atoms with E-state index in [9.17, 15) is 0 Å². The molecule has 1 heteroatoms. The van der Waals surface area contributed by atoms with Gasteiger partial charge < -0.3 is 4.42 Å². The number of hydrogen-bond donors (Lipinski definition) is 0. The Morgan fingerprint density at radius 1 is 0.682 bits per heavy atom. The van der Waals surface area contributed by atoms with Gasteiger partial charge in [0.25, 0.3) is 0 Å². The molecule has 0 unspecified atom stereocenters. The van der Waals surface area contributed by atoms with Gasteiger partial charge in [0.1, 0.15) is 11.2 Å². The van der Waals surface area contributed by atoms with Gasteiger partial charge in [-0.15, -0.1) is 0 Å². The highest BCUT2D eigenvalue weighted by molar-refractivity contribution is 6.07. The van der Waals surface area contributed by atoms with Gasteiger partial charge in [0, 0.05) is 16.2 Å². The van der Waals surface area contributed by atoms with Crippen LogP contribution in [0.15, 0.2) is 65.1 Å². The van der Waals surface area contributed by atoms with Crippen LogP contribution in [0.2, 0.25) is 0 Å². The van der Waals surface area contributed by atoms with Crippen molar-refractivity contribution in [1.29, 1.82) is 0 Å². The largest absolute Gasteiger partial charge is 0.456 e. The molecular weight excluding hydrogens is 268 g/mol. The summed E-state index contributed by atoms with van der Waals surface area (Å²) in [6.07, 6.45) is 0. The van der Waals surface area contributed by atoms with E-state index < -0.39 is 0 Å². The number of hydrogen-bond acceptors (Lipinski definition) is 1. The molecule has 3 aromatic carbocycles. The van der Waals surface area contributed by atoms with Gasteiger partial charge in [-0.05, 0) is 40.5 Å². The Kier molecular flexibility index (Phi) is 2.08. The average molecular weight is 284 g/mol. The summed E-state index contributed by atoms with van der Waals surface area (Å²) < 4.78 is 6.07. The van der Waals surface area contributed by atoms with Crippen molar-refractivity contribution in [2.75, 3.05) is 0 Å². The Morgan fingerprint density at radius 3 is 2.36 bits per heavy atom. The van der Waals surface area contributed by atoms with E-state index in [0.717, 1.165) is 11.2 Å². The normalized spacial score (nSPS) is 15.2. The molecule has 106 valence electrons. The highest BCUT2D eigenvalue weighted by atomic mass is 16.3. The van der Waals surface area contributed by atoms with Crippen LogP contribution in [0.25, 0.3) is 33.1 Å². The molecule has 22 heavy (non-hydrogen) atoms. The van der Waals surface area contributed by atoms with Gasteiger partial charge in [-0.1, -0.05) is 56.3 Å². The van der Waals surface area contributed by atoms with Crippen LogP contribution in [0.4, 0.5) is 0 Å². The second kappa shape index (κ2) is 3.80. The molecule has 1 heterocycles. The molecule has 1 aromatic heterocycles. The van der Waals surface area contributed by atoms with Crippen LogP contribution < -0.4 is 0 Å². The smallest absolute Gasteiger partial charge is 0.135 e. The molecule has 0 N–H and O–H groups in total. The fraction of sp³-hybridized carbons (Fsp3) is 0.143. The third-order valence-corrected chi connectivity index (χ3v) is 5.08. The first-order chi connectivity index (χ1) is 10.7. The SMILES string of the molecule is CC1(C)c2ccccc2-c2cc3c(cc21)oc1ccccc13. The van der Waals surface area contributed by atoms with Crippen molar-refractivity contribution in [3.05, 3.63) is 71.8 Å². The van der Waals surface area contributed by atoms with Gasteiger partial charge in [0.2, 0.25) is 0 Å². The van der Waals surface area contributed by atoms with E-state index in [-0.39, 0.29) is 5.41 Å². The first-order valence-electron chi connectivity index (χ1n) is 7.72. The molecule has 0 aliphatic heterocycles. The lowest BCUT2D eigenvalue weighted by atomic mass is 9.82. The van der Waals surface area contributed by atoms with Crippen LogP contribution in [0.3, 0.4) is 0 Å². The lowest BCUT2D eigenvalue weighted by molar-refractivity contribution is 0.647. The quantitative estimate of drug-likeness (QED) is 0.392. The molecular formula is C21H16O. The molecule has 0 radical (unpaired) electrons. The highest BCUT2D eigenvalue weighted by Gasteiger charge is 2.35. The molecule has 5 rings (SSSR count). The van der Waals surface area contributed by atoms with E-state index in [1.165, 1.54) is 33.0 Å². The highest BCUT2D eigenvalue weighted by Crippen LogP contribution is 2.50. The predicted molar refractivity (Wildman–Crippen MR) is 91.3 cm³/mol. The van der Waals surface area contributed by atoms with Crippen molar-refractivity contribution >= 4 is 21.9 Å². The minimum absolute atomic E-state index is 0.0269. The van der Waals surface area contributed by atoms with Crippen molar-refractivity contribution in [2.24, 2.45) is 0 Å². The van der Waals surface area contributed by atoms with Gasteiger partial charge in [-0.3, -0.25) is 0 Å². The lowest BCUT2D eigenvalue weighted by Crippen LogP contribution is -2.14. The van der Waals surface area contributed by atoms with E-state index >= 15 is 0 Å². The van der Waals surface area contributed by atoms with Crippen LogP contribution in [0, 0.1) is 0 Å². The summed E-state index contributed by atoms with van der Waals surface area (Å²) in [5.41, 5.74) is 7.45. The van der Waals surface area contributed by atoms with Crippen molar-refractivity contribution < 1.29 is 4.42 Å². The Balaban J connectivity index is 1.95. The fourth-order valence-corrected chi connectivity index (χ4v) is 3.92. The summed E-state index contributed by atoms with van der Waals surface area (Å²) in [5.74, 6) is 0. The first kappa shape index (κ1) is 12.0. The van der Waals surface area contributed by atoms with Crippen LogP contribution in [0.1, 0.15) is 25.0 Å². The van der Waals surface area contributed by atoms with Gasteiger partial charge in [0.05, 0.1) is 0 Å². The maximum absolute atomic E-state index is 6.07. The second-order valence-corrected chi connectivity index (χ2v) is 6.66. The molecule has 1 aliphatic carbocycles. The van der Waals surface area contributed by atoms with Crippen LogP contribution in [-0.4, -0.2) is 0 Å². The second-order valence-electron chi connectivity index (χ2n) is 6.66. The summed E-state index contributed by atoms with van der Waals surface area (Å²) in [7, 11) is 0. The van der Waals surface area contributed by atoms with E-state index in [4.69, 9.17) is 4.42 Å². The lowest BCUT2D eigenvalue weighted by Gasteiger charge is -2.21. The Hall–Kier alpha value is -2.54. The average Bonchev–Trinajstić information content (AvgIpc) is 3.00. The molecule has 0 amide bonds. The van der Waals surface area contributed by atoms with E-state index in [1.807, 2.05) is 12.1 Å². The molecule has 0 spiro atoms. The predicted octanol–water partition coefficient (Wildman–Crippen LogP) is 5.89. The number of para-hydroxylation sites is 1. The van der Waals surface area contributed by atoms with Crippen molar-refractivity contribution in [3.8, 4) is 11.1 Å². The standard InChI is InChI=1S/C21H16O/c1-21(2)17-9-5-3-7-13(17)15-11-16-14-8-4-6-10-19(14)22-20(16)12-18(15)21/h3-12H,1-2H3. The molecule has 0 saturated heterocycles. The van der Waals surface area contributed by atoms with Crippen molar-refractivity contribution in [3.63, 3.8) is 0 Å². The van der Waals surface area contributed by atoms with Crippen LogP contribution in [-0.2, 0) is 5.41 Å². The molecule has 0 bridgehead atoms.